The van der Waals surface area contributed by atoms with Crippen LogP contribution in [-0.4, -0.2) is 62.1 Å². The van der Waals surface area contributed by atoms with Gasteiger partial charge in [0.2, 0.25) is 5.91 Å². The Hall–Kier alpha value is -4.10. The van der Waals surface area contributed by atoms with Crippen LogP contribution in [0.15, 0.2) is 66.7 Å². The van der Waals surface area contributed by atoms with Crippen molar-refractivity contribution in [3.05, 3.63) is 88.4 Å². The van der Waals surface area contributed by atoms with Crippen LogP contribution in [0, 0.1) is 11.3 Å². The second kappa shape index (κ2) is 13.1. The number of carbonyl (C=O) groups excluding carboxylic acids is 2. The van der Waals surface area contributed by atoms with Gasteiger partial charge < -0.3 is 20.3 Å². The minimum Gasteiger partial charge on any atom is -0.455 e. The smallest absolute Gasteiger partial charge is 0.256 e. The lowest BCUT2D eigenvalue weighted by Crippen LogP contribution is -2.48. The summed E-state index contributed by atoms with van der Waals surface area (Å²) < 4.78 is 6.12. The highest BCUT2D eigenvalue weighted by molar-refractivity contribution is 6.30. The maximum Gasteiger partial charge on any atom is 0.256 e. The highest BCUT2D eigenvalue weighted by Gasteiger charge is 2.27. The first kappa shape index (κ1) is 27.9. The Balaban J connectivity index is 1.60. The second-order valence-electron chi connectivity index (χ2n) is 9.17. The maximum absolute atomic E-state index is 13.5. The van der Waals surface area contributed by atoms with Gasteiger partial charge in [-0.25, -0.2) is 5.01 Å². The quantitative estimate of drug-likeness (QED) is 0.355. The van der Waals surface area contributed by atoms with Crippen LogP contribution in [0.3, 0.4) is 0 Å². The molecule has 0 fully saturated rings. The van der Waals surface area contributed by atoms with Gasteiger partial charge >= 0.3 is 0 Å². The predicted molar refractivity (Wildman–Crippen MR) is 150 cm³/mol. The van der Waals surface area contributed by atoms with E-state index in [1.165, 1.54) is 11.1 Å². The Labute approximate surface area is 233 Å². The number of amides is 2. The molecule has 0 aromatic heterocycles. The van der Waals surface area contributed by atoms with E-state index in [2.05, 4.69) is 28.8 Å². The maximum atomic E-state index is 13.5. The normalized spacial score (nSPS) is 12.4. The number of fused-ring (bicyclic) bond motifs is 1. The van der Waals surface area contributed by atoms with E-state index < -0.39 is 0 Å². The van der Waals surface area contributed by atoms with Crippen molar-refractivity contribution in [3.63, 3.8) is 0 Å². The molecule has 0 saturated heterocycles. The van der Waals surface area contributed by atoms with Gasteiger partial charge in [-0.15, -0.1) is 0 Å². The predicted octanol–water partition coefficient (Wildman–Crippen LogP) is 3.54. The van der Waals surface area contributed by atoms with Crippen molar-refractivity contribution in [2.75, 3.05) is 45.2 Å². The van der Waals surface area contributed by atoms with Crippen LogP contribution in [0.25, 0.3) is 0 Å². The number of ether oxygens (including phenoxy) is 1. The molecule has 0 saturated carbocycles. The van der Waals surface area contributed by atoms with Crippen LogP contribution < -0.4 is 20.3 Å². The van der Waals surface area contributed by atoms with Crippen LogP contribution in [-0.2, 0) is 22.7 Å². The second-order valence-corrected chi connectivity index (χ2v) is 9.61. The summed E-state index contributed by atoms with van der Waals surface area (Å²) in [6.45, 7) is 2.09. The fraction of sp³-hybridized carbons (Fsp3) is 0.276. The summed E-state index contributed by atoms with van der Waals surface area (Å²) in [6.07, 6.45) is 0. The van der Waals surface area contributed by atoms with Crippen molar-refractivity contribution in [3.8, 4) is 17.6 Å². The molecule has 9 nitrogen and oxygen atoms in total. The molecular weight excluding hydrogens is 516 g/mol. The van der Waals surface area contributed by atoms with Gasteiger partial charge in [0.15, 0.2) is 5.75 Å². The number of likely N-dealkylation sites (N-methyl/N-ethyl adjacent to an activating group) is 2. The zero-order valence-corrected chi connectivity index (χ0v) is 22.7. The van der Waals surface area contributed by atoms with E-state index in [-0.39, 0.29) is 24.9 Å². The molecule has 1 aliphatic heterocycles. The van der Waals surface area contributed by atoms with Crippen molar-refractivity contribution >= 4 is 29.1 Å². The number of hydrogen-bond donors (Lipinski definition) is 2. The van der Waals surface area contributed by atoms with Crippen LogP contribution in [0.4, 0.5) is 5.69 Å². The van der Waals surface area contributed by atoms with Crippen LogP contribution in [0.5, 0.6) is 11.5 Å². The minimum atomic E-state index is -0.255. The fourth-order valence-electron chi connectivity index (χ4n) is 4.28. The number of nitrogens with zero attached hydrogens (tertiary/aromatic N) is 4. The van der Waals surface area contributed by atoms with E-state index in [0.717, 1.165) is 0 Å². The van der Waals surface area contributed by atoms with Gasteiger partial charge in [-0.1, -0.05) is 35.9 Å². The number of nitriles is 1. The first-order chi connectivity index (χ1) is 18.9. The van der Waals surface area contributed by atoms with Gasteiger partial charge in [-0.2, -0.15) is 5.26 Å². The fourth-order valence-corrected chi connectivity index (χ4v) is 4.41. The van der Waals surface area contributed by atoms with Gasteiger partial charge in [0, 0.05) is 38.2 Å². The third-order valence-electron chi connectivity index (χ3n) is 6.44. The molecule has 10 heteroatoms. The van der Waals surface area contributed by atoms with E-state index >= 15 is 0 Å². The van der Waals surface area contributed by atoms with Crippen LogP contribution in [0.1, 0.15) is 16.7 Å². The number of carbonyl (C=O) groups is 2. The summed E-state index contributed by atoms with van der Waals surface area (Å²) in [6, 6.07) is 22.0. The van der Waals surface area contributed by atoms with E-state index in [4.69, 9.17) is 16.3 Å². The van der Waals surface area contributed by atoms with Crippen LogP contribution in [0.2, 0.25) is 5.02 Å². The molecule has 1 aliphatic rings. The van der Waals surface area contributed by atoms with Gasteiger partial charge in [-0.05, 0) is 60.6 Å². The molecule has 0 atom stereocenters. The van der Waals surface area contributed by atoms with E-state index in [1.807, 2.05) is 17.1 Å². The molecule has 1 heterocycles. The Kier molecular flexibility index (Phi) is 9.39. The Bertz CT molecular complexity index is 1330. The van der Waals surface area contributed by atoms with Gasteiger partial charge in [0.05, 0.1) is 30.4 Å². The number of nitrogens with one attached hydrogen (secondary N) is 2. The van der Waals surface area contributed by atoms with Crippen molar-refractivity contribution in [1.29, 1.82) is 5.26 Å². The summed E-state index contributed by atoms with van der Waals surface area (Å²) in [4.78, 5) is 28.1. The SMILES string of the molecule is CNCCNC(=O)CN(CC(=O)N(C)N1Cc2ccccc2C1)c1cc(C#N)ccc1Oc1ccc(Cl)cc1. The average molecular weight is 547 g/mol. The van der Waals surface area contributed by atoms with E-state index in [0.29, 0.717) is 54.0 Å². The molecular formula is C29H31ClN6O3. The zero-order chi connectivity index (χ0) is 27.8. The summed E-state index contributed by atoms with van der Waals surface area (Å²) in [5.74, 6) is 0.477. The summed E-state index contributed by atoms with van der Waals surface area (Å²) in [7, 11) is 3.54. The van der Waals surface area contributed by atoms with E-state index in [9.17, 15) is 14.9 Å². The molecule has 2 amide bonds. The lowest BCUT2D eigenvalue weighted by Gasteiger charge is -2.32. The summed E-state index contributed by atoms with van der Waals surface area (Å²) in [5.41, 5.74) is 3.20. The number of rotatable bonds is 11. The molecule has 0 bridgehead atoms. The number of benzene rings is 3. The Morgan fingerprint density at radius 3 is 2.36 bits per heavy atom. The molecule has 39 heavy (non-hydrogen) atoms. The highest BCUT2D eigenvalue weighted by atomic mass is 35.5. The molecule has 0 spiro atoms. The zero-order valence-electron chi connectivity index (χ0n) is 22.0. The van der Waals surface area contributed by atoms with Crippen LogP contribution >= 0.6 is 11.6 Å². The number of hydrazine groups is 1. The summed E-state index contributed by atoms with van der Waals surface area (Å²) in [5, 5.41) is 19.6. The van der Waals surface area contributed by atoms with Gasteiger partial charge in [0.25, 0.3) is 5.91 Å². The first-order valence-electron chi connectivity index (χ1n) is 12.6. The van der Waals surface area contributed by atoms with E-state index in [1.54, 1.807) is 66.5 Å². The van der Waals surface area contributed by atoms with Crippen molar-refractivity contribution in [2.45, 2.75) is 13.1 Å². The molecule has 0 aliphatic carbocycles. The lowest BCUT2D eigenvalue weighted by molar-refractivity contribution is -0.145. The molecule has 0 unspecified atom stereocenters. The lowest BCUT2D eigenvalue weighted by atomic mass is 10.1. The van der Waals surface area contributed by atoms with Crippen molar-refractivity contribution < 1.29 is 14.3 Å². The largest absolute Gasteiger partial charge is 0.455 e. The third-order valence-corrected chi connectivity index (χ3v) is 6.69. The number of anilines is 1. The van der Waals surface area contributed by atoms with Crippen molar-refractivity contribution in [1.82, 2.24) is 20.7 Å². The molecule has 4 rings (SSSR count). The molecule has 0 radical (unpaired) electrons. The monoisotopic (exact) mass is 546 g/mol. The Morgan fingerprint density at radius 1 is 1.03 bits per heavy atom. The number of halogens is 1. The molecule has 202 valence electrons. The topological polar surface area (TPSA) is 101 Å². The van der Waals surface area contributed by atoms with Gasteiger partial charge in [0.1, 0.15) is 5.75 Å². The minimum absolute atomic E-state index is 0.102. The average Bonchev–Trinajstić information content (AvgIpc) is 3.38. The highest BCUT2D eigenvalue weighted by Crippen LogP contribution is 2.34. The standard InChI is InChI=1S/C29H31ClN6O3/c1-32-13-14-33-28(37)19-35(20-29(38)34(2)36-17-22-5-3-4-6-23(22)18-36)26-15-21(16-31)7-12-27(26)39-25-10-8-24(30)9-11-25/h3-12,15,32H,13-14,17-20H2,1-2H3,(H,33,37). The molecule has 3 aromatic rings. The molecule has 2 N–H and O–H groups in total. The Morgan fingerprint density at radius 2 is 1.72 bits per heavy atom. The summed E-state index contributed by atoms with van der Waals surface area (Å²) >= 11 is 6.02. The molecule has 3 aromatic carbocycles. The van der Waals surface area contributed by atoms with Gasteiger partial charge in [-0.3, -0.25) is 14.6 Å². The first-order valence-corrected chi connectivity index (χ1v) is 13.0. The van der Waals surface area contributed by atoms with Crippen molar-refractivity contribution in [2.24, 2.45) is 0 Å². The third kappa shape index (κ3) is 7.27. The number of hydrogen-bond acceptors (Lipinski definition) is 7.